The number of carboxylic acid groups (broad SMARTS) is 1. The van der Waals surface area contributed by atoms with E-state index in [4.69, 9.17) is 5.11 Å². The van der Waals surface area contributed by atoms with Crippen molar-refractivity contribution in [3.05, 3.63) is 34.9 Å². The van der Waals surface area contributed by atoms with E-state index in [1.54, 1.807) is 0 Å². The summed E-state index contributed by atoms with van der Waals surface area (Å²) in [7, 11) is 0. The van der Waals surface area contributed by atoms with Gasteiger partial charge in [-0.1, -0.05) is 18.2 Å². The number of benzene rings is 1. The minimum atomic E-state index is -0.675. The Labute approximate surface area is 120 Å². The number of rotatable bonds is 5. The second-order valence-corrected chi connectivity index (χ2v) is 6.57. The lowest BCUT2D eigenvalue weighted by molar-refractivity contribution is -0.137. The van der Waals surface area contributed by atoms with Crippen LogP contribution in [0.2, 0.25) is 0 Å². The number of carboxylic acids is 1. The summed E-state index contributed by atoms with van der Waals surface area (Å²) in [6.45, 7) is 6.49. The van der Waals surface area contributed by atoms with Crippen LogP contribution in [0.25, 0.3) is 0 Å². The Morgan fingerprint density at radius 3 is 2.60 bits per heavy atom. The first kappa shape index (κ1) is 13.6. The van der Waals surface area contributed by atoms with Crippen molar-refractivity contribution < 1.29 is 9.90 Å². The maximum atomic E-state index is 11.1. The van der Waals surface area contributed by atoms with Gasteiger partial charge < -0.3 is 5.11 Å². The molecule has 1 aromatic rings. The van der Waals surface area contributed by atoms with Gasteiger partial charge in [0.05, 0.1) is 6.42 Å². The Balaban J connectivity index is 1.82. The first-order chi connectivity index (χ1) is 9.54. The van der Waals surface area contributed by atoms with Crippen molar-refractivity contribution >= 4 is 5.97 Å². The van der Waals surface area contributed by atoms with Crippen LogP contribution in [0.5, 0.6) is 0 Å². The summed E-state index contributed by atoms with van der Waals surface area (Å²) in [6.07, 6.45) is 2.65. The molecule has 3 nitrogen and oxygen atoms in total. The molecule has 2 aliphatic rings. The molecule has 108 valence electrons. The summed E-state index contributed by atoms with van der Waals surface area (Å²) < 4.78 is 0. The lowest BCUT2D eigenvalue weighted by Gasteiger charge is -2.19. The van der Waals surface area contributed by atoms with Crippen molar-refractivity contribution in [2.75, 3.05) is 0 Å². The molecule has 0 spiro atoms. The first-order valence-electron chi connectivity index (χ1n) is 7.62. The Hall–Kier alpha value is -1.35. The van der Waals surface area contributed by atoms with Crippen molar-refractivity contribution in [1.29, 1.82) is 0 Å². The van der Waals surface area contributed by atoms with E-state index in [9.17, 15) is 4.79 Å². The lowest BCUT2D eigenvalue weighted by atomic mass is 9.89. The number of hydrogen-bond donors (Lipinski definition) is 1. The highest BCUT2D eigenvalue weighted by atomic mass is 16.4. The van der Waals surface area contributed by atoms with Crippen LogP contribution >= 0.6 is 0 Å². The van der Waals surface area contributed by atoms with Crippen LogP contribution in [-0.4, -0.2) is 22.0 Å². The van der Waals surface area contributed by atoms with Crippen LogP contribution in [0.4, 0.5) is 0 Å². The normalized spacial score (nSPS) is 20.1. The van der Waals surface area contributed by atoms with Gasteiger partial charge in [0, 0.05) is 19.1 Å². The van der Waals surface area contributed by atoms with Crippen LogP contribution in [0.3, 0.4) is 0 Å². The molecule has 0 radical (unpaired) electrons. The zero-order valence-electron chi connectivity index (χ0n) is 12.3. The van der Waals surface area contributed by atoms with Crippen molar-refractivity contribution in [3.8, 4) is 0 Å². The summed E-state index contributed by atoms with van der Waals surface area (Å²) in [4.78, 5) is 13.5. The van der Waals surface area contributed by atoms with Crippen LogP contribution < -0.4 is 0 Å². The summed E-state index contributed by atoms with van der Waals surface area (Å²) in [5, 5.41) is 9.12. The Morgan fingerprint density at radius 2 is 2.00 bits per heavy atom. The number of fused-ring (bicyclic) bond motifs is 1. The SMILES string of the molecule is CC(C)N1Cc2ccc(C(CC(=O)O)C3CC3)cc2C1. The zero-order valence-corrected chi connectivity index (χ0v) is 12.3. The number of aliphatic carboxylic acids is 1. The highest BCUT2D eigenvalue weighted by molar-refractivity contribution is 5.68. The minimum Gasteiger partial charge on any atom is -0.481 e. The second kappa shape index (κ2) is 5.21. The third kappa shape index (κ3) is 2.73. The molecule has 3 rings (SSSR count). The van der Waals surface area contributed by atoms with Crippen LogP contribution in [0.15, 0.2) is 18.2 Å². The molecule has 1 unspecified atom stereocenters. The van der Waals surface area contributed by atoms with Gasteiger partial charge in [-0.05, 0) is 55.2 Å². The predicted molar refractivity (Wildman–Crippen MR) is 78.5 cm³/mol. The van der Waals surface area contributed by atoms with Gasteiger partial charge in [-0.15, -0.1) is 0 Å². The molecule has 1 saturated carbocycles. The van der Waals surface area contributed by atoms with Gasteiger partial charge in [0.15, 0.2) is 0 Å². The zero-order chi connectivity index (χ0) is 14.3. The molecule has 0 saturated heterocycles. The number of nitrogens with zero attached hydrogens (tertiary/aromatic N) is 1. The molecule has 1 heterocycles. The van der Waals surface area contributed by atoms with E-state index in [1.165, 1.54) is 29.5 Å². The first-order valence-corrected chi connectivity index (χ1v) is 7.62. The topological polar surface area (TPSA) is 40.5 Å². The average molecular weight is 273 g/mol. The van der Waals surface area contributed by atoms with Crippen molar-refractivity contribution in [2.24, 2.45) is 5.92 Å². The largest absolute Gasteiger partial charge is 0.481 e. The molecule has 1 aliphatic carbocycles. The van der Waals surface area contributed by atoms with Crippen molar-refractivity contribution in [1.82, 2.24) is 4.90 Å². The quantitative estimate of drug-likeness (QED) is 0.894. The van der Waals surface area contributed by atoms with Crippen LogP contribution in [0.1, 0.15) is 55.7 Å². The van der Waals surface area contributed by atoms with Gasteiger partial charge in [0.1, 0.15) is 0 Å². The molecule has 1 N–H and O–H groups in total. The van der Waals surface area contributed by atoms with Crippen LogP contribution in [-0.2, 0) is 17.9 Å². The van der Waals surface area contributed by atoms with Crippen LogP contribution in [0, 0.1) is 5.92 Å². The van der Waals surface area contributed by atoms with Gasteiger partial charge in [-0.2, -0.15) is 0 Å². The van der Waals surface area contributed by atoms with Gasteiger partial charge in [-0.25, -0.2) is 0 Å². The minimum absolute atomic E-state index is 0.214. The third-order valence-electron chi connectivity index (χ3n) is 4.72. The molecule has 0 amide bonds. The highest BCUT2D eigenvalue weighted by Crippen LogP contribution is 2.45. The van der Waals surface area contributed by atoms with Gasteiger partial charge >= 0.3 is 5.97 Å². The fourth-order valence-corrected chi connectivity index (χ4v) is 3.28. The van der Waals surface area contributed by atoms with E-state index < -0.39 is 5.97 Å². The van der Waals surface area contributed by atoms with Crippen molar-refractivity contribution in [2.45, 2.75) is 58.2 Å². The fourth-order valence-electron chi connectivity index (χ4n) is 3.28. The molecular formula is C17H23NO2. The monoisotopic (exact) mass is 273 g/mol. The van der Waals surface area contributed by atoms with Gasteiger partial charge in [-0.3, -0.25) is 9.69 Å². The van der Waals surface area contributed by atoms with E-state index in [2.05, 4.69) is 36.9 Å². The summed E-state index contributed by atoms with van der Waals surface area (Å²) in [5.41, 5.74) is 4.04. The number of carbonyl (C=O) groups is 1. The standard InChI is InChI=1S/C17H23NO2/c1-11(2)18-9-14-6-5-13(7-15(14)10-18)16(8-17(19)20)12-3-4-12/h5-7,11-12,16H,3-4,8-10H2,1-2H3,(H,19,20). The van der Waals surface area contributed by atoms with E-state index in [-0.39, 0.29) is 12.3 Å². The molecule has 1 aliphatic heterocycles. The summed E-state index contributed by atoms with van der Waals surface area (Å²) in [5.74, 6) is 0.129. The second-order valence-electron chi connectivity index (χ2n) is 6.57. The average Bonchev–Trinajstić information content (AvgIpc) is 3.13. The van der Waals surface area contributed by atoms with Gasteiger partial charge in [0.25, 0.3) is 0 Å². The molecule has 0 bridgehead atoms. The van der Waals surface area contributed by atoms with E-state index in [1.807, 2.05) is 0 Å². The Kier molecular flexibility index (Phi) is 3.55. The van der Waals surface area contributed by atoms with E-state index in [0.717, 1.165) is 13.1 Å². The predicted octanol–water partition coefficient (Wildman–Crippen LogP) is 3.38. The van der Waals surface area contributed by atoms with E-state index in [0.29, 0.717) is 12.0 Å². The molecule has 1 atom stereocenters. The summed E-state index contributed by atoms with van der Waals surface area (Å²) in [6, 6.07) is 7.20. The van der Waals surface area contributed by atoms with E-state index >= 15 is 0 Å². The lowest BCUT2D eigenvalue weighted by Crippen LogP contribution is -2.24. The number of hydrogen-bond acceptors (Lipinski definition) is 2. The third-order valence-corrected chi connectivity index (χ3v) is 4.72. The molecule has 1 aromatic carbocycles. The molecule has 1 fully saturated rings. The Bertz CT molecular complexity index is 520. The maximum absolute atomic E-state index is 11.1. The molecular weight excluding hydrogens is 250 g/mol. The molecule has 3 heteroatoms. The fraction of sp³-hybridized carbons (Fsp3) is 0.588. The van der Waals surface area contributed by atoms with Crippen molar-refractivity contribution in [3.63, 3.8) is 0 Å². The summed E-state index contributed by atoms with van der Waals surface area (Å²) >= 11 is 0. The molecule has 0 aromatic heterocycles. The smallest absolute Gasteiger partial charge is 0.303 e. The highest BCUT2D eigenvalue weighted by Gasteiger charge is 2.34. The molecule has 20 heavy (non-hydrogen) atoms. The Morgan fingerprint density at radius 1 is 1.30 bits per heavy atom. The van der Waals surface area contributed by atoms with Gasteiger partial charge in [0.2, 0.25) is 0 Å². The maximum Gasteiger partial charge on any atom is 0.303 e.